The molecule has 0 N–H and O–H groups in total. The lowest BCUT2D eigenvalue weighted by Crippen LogP contribution is -2.31. The summed E-state index contributed by atoms with van der Waals surface area (Å²) >= 11 is 0. The summed E-state index contributed by atoms with van der Waals surface area (Å²) in [5.74, 6) is -0.161. The van der Waals surface area contributed by atoms with Crippen molar-refractivity contribution in [2.24, 2.45) is 0 Å². The van der Waals surface area contributed by atoms with E-state index in [2.05, 4.69) is 0 Å². The average Bonchev–Trinajstić information content (AvgIpc) is 2.74. The molecule has 4 nitrogen and oxygen atoms in total. The summed E-state index contributed by atoms with van der Waals surface area (Å²) in [4.78, 5) is 23.9. The molecule has 1 aromatic carbocycles. The van der Waals surface area contributed by atoms with E-state index in [1.807, 2.05) is 30.3 Å². The van der Waals surface area contributed by atoms with E-state index >= 15 is 0 Å². The zero-order valence-corrected chi connectivity index (χ0v) is 8.89. The molecule has 1 aliphatic heterocycles. The van der Waals surface area contributed by atoms with Crippen LogP contribution in [0.2, 0.25) is 0 Å². The number of carbonyl (C=O) groups is 2. The number of benzene rings is 1. The molecule has 0 radical (unpaired) electrons. The zero-order chi connectivity index (χ0) is 11.4. The predicted octanol–water partition coefficient (Wildman–Crippen LogP) is 1.60. The molecule has 1 heterocycles. The van der Waals surface area contributed by atoms with Crippen LogP contribution in [0.1, 0.15) is 12.0 Å². The summed E-state index contributed by atoms with van der Waals surface area (Å²) in [6.07, 6.45) is 0.487. The topological polar surface area (TPSA) is 46.6 Å². The quantitative estimate of drug-likeness (QED) is 0.775. The third kappa shape index (κ3) is 2.39. The molecule has 2 rings (SSSR count). The van der Waals surface area contributed by atoms with Crippen LogP contribution in [0.5, 0.6) is 0 Å². The Morgan fingerprint density at radius 1 is 1.31 bits per heavy atom. The first-order chi connectivity index (χ1) is 7.77. The van der Waals surface area contributed by atoms with Crippen molar-refractivity contribution in [2.75, 3.05) is 13.2 Å². The van der Waals surface area contributed by atoms with Gasteiger partial charge in [-0.05, 0) is 12.0 Å². The maximum Gasteiger partial charge on any atom is 0.416 e. The Labute approximate surface area is 93.8 Å². The van der Waals surface area contributed by atoms with Crippen LogP contribution in [0.15, 0.2) is 30.3 Å². The Bertz CT molecular complexity index is 389. The molecule has 0 unspecified atom stereocenters. The van der Waals surface area contributed by atoms with Crippen molar-refractivity contribution in [3.63, 3.8) is 0 Å². The molecule has 84 valence electrons. The number of ether oxygens (including phenoxy) is 1. The second-order valence-corrected chi connectivity index (χ2v) is 3.65. The standard InChI is InChI=1S/C12H13NO3/c14-11(13-8-9-16-12(13)15)7-6-10-4-2-1-3-5-10/h1-5H,6-9H2. The van der Waals surface area contributed by atoms with Gasteiger partial charge >= 0.3 is 6.09 Å². The summed E-state index contributed by atoms with van der Waals surface area (Å²) in [5, 5.41) is 0. The first kappa shape index (κ1) is 10.7. The van der Waals surface area contributed by atoms with Gasteiger partial charge in [-0.3, -0.25) is 4.79 Å². The van der Waals surface area contributed by atoms with E-state index in [-0.39, 0.29) is 5.91 Å². The van der Waals surface area contributed by atoms with E-state index in [1.54, 1.807) is 0 Å². The number of aryl methyl sites for hydroxylation is 1. The lowest BCUT2D eigenvalue weighted by Gasteiger charge is -2.10. The van der Waals surface area contributed by atoms with Crippen LogP contribution in [0.4, 0.5) is 4.79 Å². The van der Waals surface area contributed by atoms with E-state index in [4.69, 9.17) is 4.74 Å². The van der Waals surface area contributed by atoms with E-state index < -0.39 is 6.09 Å². The third-order valence-corrected chi connectivity index (χ3v) is 2.53. The Hall–Kier alpha value is -1.84. The van der Waals surface area contributed by atoms with Crippen LogP contribution in [-0.2, 0) is 16.0 Å². The third-order valence-electron chi connectivity index (χ3n) is 2.53. The molecule has 1 saturated heterocycles. The second-order valence-electron chi connectivity index (χ2n) is 3.65. The van der Waals surface area contributed by atoms with Crippen molar-refractivity contribution in [1.82, 2.24) is 4.90 Å². The molecule has 0 aliphatic carbocycles. The number of rotatable bonds is 3. The van der Waals surface area contributed by atoms with Gasteiger partial charge in [0.05, 0.1) is 6.54 Å². The summed E-state index contributed by atoms with van der Waals surface area (Å²) in [7, 11) is 0. The smallest absolute Gasteiger partial charge is 0.416 e. The number of imide groups is 1. The maximum atomic E-state index is 11.7. The minimum Gasteiger partial charge on any atom is -0.447 e. The van der Waals surface area contributed by atoms with E-state index in [0.717, 1.165) is 5.56 Å². The zero-order valence-electron chi connectivity index (χ0n) is 8.89. The molecule has 0 bridgehead atoms. The lowest BCUT2D eigenvalue weighted by molar-refractivity contribution is -0.127. The molecule has 4 heteroatoms. The highest BCUT2D eigenvalue weighted by Gasteiger charge is 2.27. The first-order valence-electron chi connectivity index (χ1n) is 5.28. The Balaban J connectivity index is 1.86. The van der Waals surface area contributed by atoms with Crippen LogP contribution in [0.25, 0.3) is 0 Å². The number of nitrogens with zero attached hydrogens (tertiary/aromatic N) is 1. The Morgan fingerprint density at radius 2 is 2.06 bits per heavy atom. The van der Waals surface area contributed by atoms with Gasteiger partial charge in [0.25, 0.3) is 0 Å². The highest BCUT2D eigenvalue weighted by atomic mass is 16.6. The minimum absolute atomic E-state index is 0.161. The maximum absolute atomic E-state index is 11.7. The van der Waals surface area contributed by atoms with Gasteiger partial charge in [0.15, 0.2) is 0 Å². The van der Waals surface area contributed by atoms with Gasteiger partial charge in [-0.2, -0.15) is 0 Å². The first-order valence-corrected chi connectivity index (χ1v) is 5.28. The van der Waals surface area contributed by atoms with Gasteiger partial charge in [0, 0.05) is 6.42 Å². The van der Waals surface area contributed by atoms with Crippen LogP contribution < -0.4 is 0 Å². The van der Waals surface area contributed by atoms with Crippen molar-refractivity contribution in [3.8, 4) is 0 Å². The fourth-order valence-corrected chi connectivity index (χ4v) is 1.65. The van der Waals surface area contributed by atoms with Gasteiger partial charge in [-0.1, -0.05) is 30.3 Å². The molecule has 1 aromatic rings. The molecule has 2 amide bonds. The van der Waals surface area contributed by atoms with Gasteiger partial charge in [0.1, 0.15) is 6.61 Å². The fraction of sp³-hybridized carbons (Fsp3) is 0.333. The van der Waals surface area contributed by atoms with Crippen molar-refractivity contribution in [2.45, 2.75) is 12.8 Å². The van der Waals surface area contributed by atoms with E-state index in [0.29, 0.717) is 26.0 Å². The number of hydrogen-bond donors (Lipinski definition) is 0. The van der Waals surface area contributed by atoms with E-state index in [9.17, 15) is 9.59 Å². The van der Waals surface area contributed by atoms with Crippen molar-refractivity contribution in [3.05, 3.63) is 35.9 Å². The Morgan fingerprint density at radius 3 is 2.69 bits per heavy atom. The summed E-state index contributed by atoms with van der Waals surface area (Å²) in [6, 6.07) is 9.74. The number of cyclic esters (lactones) is 1. The van der Waals surface area contributed by atoms with Crippen LogP contribution >= 0.6 is 0 Å². The monoisotopic (exact) mass is 219 g/mol. The summed E-state index contributed by atoms with van der Waals surface area (Å²) < 4.78 is 4.70. The molecule has 0 atom stereocenters. The van der Waals surface area contributed by atoms with Gasteiger partial charge in [-0.15, -0.1) is 0 Å². The van der Waals surface area contributed by atoms with Crippen molar-refractivity contribution in [1.29, 1.82) is 0 Å². The molecule has 0 saturated carbocycles. The summed E-state index contributed by atoms with van der Waals surface area (Å²) in [6.45, 7) is 0.697. The molecule has 0 spiro atoms. The summed E-state index contributed by atoms with van der Waals surface area (Å²) in [5.41, 5.74) is 1.10. The van der Waals surface area contributed by atoms with Crippen LogP contribution in [-0.4, -0.2) is 30.1 Å². The lowest BCUT2D eigenvalue weighted by atomic mass is 10.1. The second kappa shape index (κ2) is 4.79. The van der Waals surface area contributed by atoms with Crippen LogP contribution in [0, 0.1) is 0 Å². The normalized spacial score (nSPS) is 15.0. The van der Waals surface area contributed by atoms with Crippen molar-refractivity contribution >= 4 is 12.0 Å². The van der Waals surface area contributed by atoms with Crippen molar-refractivity contribution < 1.29 is 14.3 Å². The minimum atomic E-state index is -0.516. The molecular weight excluding hydrogens is 206 g/mol. The number of carbonyl (C=O) groups excluding carboxylic acids is 2. The predicted molar refractivity (Wildman–Crippen MR) is 57.8 cm³/mol. The van der Waals surface area contributed by atoms with E-state index in [1.165, 1.54) is 4.90 Å². The van der Waals surface area contributed by atoms with Gasteiger partial charge < -0.3 is 4.74 Å². The average molecular weight is 219 g/mol. The fourth-order valence-electron chi connectivity index (χ4n) is 1.65. The molecule has 1 fully saturated rings. The molecule has 16 heavy (non-hydrogen) atoms. The van der Waals surface area contributed by atoms with Gasteiger partial charge in [-0.25, -0.2) is 9.69 Å². The SMILES string of the molecule is O=C(CCc1ccccc1)N1CCOC1=O. The highest BCUT2D eigenvalue weighted by Crippen LogP contribution is 2.08. The molecule has 0 aromatic heterocycles. The number of amides is 2. The highest BCUT2D eigenvalue weighted by molar-refractivity contribution is 5.92. The number of hydrogen-bond acceptors (Lipinski definition) is 3. The molecule has 1 aliphatic rings. The van der Waals surface area contributed by atoms with Crippen LogP contribution in [0.3, 0.4) is 0 Å². The Kier molecular flexibility index (Phi) is 3.19. The largest absolute Gasteiger partial charge is 0.447 e. The molecular formula is C12H13NO3. The van der Waals surface area contributed by atoms with Gasteiger partial charge in [0.2, 0.25) is 5.91 Å².